The number of benzene rings is 1. The first-order chi connectivity index (χ1) is 11.1. The van der Waals surface area contributed by atoms with Crippen molar-refractivity contribution in [3.63, 3.8) is 0 Å². The molecule has 1 unspecified atom stereocenters. The third kappa shape index (κ3) is 5.25. The van der Waals surface area contributed by atoms with Crippen LogP contribution in [0.2, 0.25) is 0 Å². The monoisotopic (exact) mass is 316 g/mol. The van der Waals surface area contributed by atoms with Gasteiger partial charge in [0.1, 0.15) is 5.75 Å². The van der Waals surface area contributed by atoms with Crippen LogP contribution in [0.5, 0.6) is 11.5 Å². The average Bonchev–Trinajstić information content (AvgIpc) is 2.56. The number of guanidine groups is 1. The number of ether oxygens (including phenoxy) is 1. The molecule has 1 aromatic carbocycles. The summed E-state index contributed by atoms with van der Waals surface area (Å²) >= 11 is 0. The lowest BCUT2D eigenvalue weighted by atomic mass is 10.2. The molecule has 1 heterocycles. The van der Waals surface area contributed by atoms with E-state index in [4.69, 9.17) is 10.5 Å². The Labute approximate surface area is 135 Å². The molecular formula is C17H21FN4O. The predicted octanol–water partition coefficient (Wildman–Crippen LogP) is 3.22. The highest BCUT2D eigenvalue weighted by Gasteiger charge is 2.06. The maximum atomic E-state index is 14.1. The Morgan fingerprint density at radius 1 is 1.43 bits per heavy atom. The number of pyridine rings is 1. The zero-order valence-electron chi connectivity index (χ0n) is 13.3. The van der Waals surface area contributed by atoms with Gasteiger partial charge < -0.3 is 15.8 Å². The van der Waals surface area contributed by atoms with Gasteiger partial charge in [0.05, 0.1) is 12.7 Å². The van der Waals surface area contributed by atoms with Gasteiger partial charge in [-0.25, -0.2) is 9.38 Å². The second-order valence-corrected chi connectivity index (χ2v) is 5.21. The van der Waals surface area contributed by atoms with Crippen molar-refractivity contribution in [1.82, 2.24) is 10.3 Å². The average molecular weight is 316 g/mol. The van der Waals surface area contributed by atoms with E-state index in [2.05, 4.69) is 22.2 Å². The lowest BCUT2D eigenvalue weighted by molar-refractivity contribution is 0.440. The Balaban J connectivity index is 2.00. The molecule has 0 aliphatic rings. The molecule has 0 bridgehead atoms. The third-order valence-corrected chi connectivity index (χ3v) is 3.30. The third-order valence-electron chi connectivity index (χ3n) is 3.30. The minimum absolute atomic E-state index is 0.149. The van der Waals surface area contributed by atoms with Gasteiger partial charge in [-0.3, -0.25) is 4.98 Å². The van der Waals surface area contributed by atoms with Crippen LogP contribution in [0.25, 0.3) is 0 Å². The zero-order valence-corrected chi connectivity index (χ0v) is 13.3. The first-order valence-corrected chi connectivity index (χ1v) is 7.51. The molecule has 1 aromatic heterocycles. The minimum atomic E-state index is -0.449. The minimum Gasteiger partial charge on any atom is -0.453 e. The van der Waals surface area contributed by atoms with E-state index in [1.807, 2.05) is 6.92 Å². The van der Waals surface area contributed by atoms with Crippen LogP contribution in [-0.2, 0) is 6.54 Å². The summed E-state index contributed by atoms with van der Waals surface area (Å²) in [7, 11) is 0. The summed E-state index contributed by atoms with van der Waals surface area (Å²) in [5.41, 5.74) is 6.50. The van der Waals surface area contributed by atoms with Gasteiger partial charge in [0.2, 0.25) is 0 Å². The Kier molecular flexibility index (Phi) is 5.91. The van der Waals surface area contributed by atoms with Crippen molar-refractivity contribution in [1.29, 1.82) is 0 Å². The van der Waals surface area contributed by atoms with E-state index in [0.717, 1.165) is 12.0 Å². The fourth-order valence-electron chi connectivity index (χ4n) is 1.84. The molecule has 23 heavy (non-hydrogen) atoms. The number of nitrogens with two attached hydrogens (primary N) is 1. The molecule has 6 heteroatoms. The summed E-state index contributed by atoms with van der Waals surface area (Å²) in [5, 5.41) is 3.06. The lowest BCUT2D eigenvalue weighted by Gasteiger charge is -2.11. The van der Waals surface area contributed by atoms with Gasteiger partial charge in [-0.15, -0.1) is 0 Å². The molecule has 0 spiro atoms. The van der Waals surface area contributed by atoms with Crippen LogP contribution in [-0.4, -0.2) is 17.0 Å². The second-order valence-electron chi connectivity index (χ2n) is 5.21. The Bertz CT molecular complexity index is 661. The van der Waals surface area contributed by atoms with Crippen LogP contribution in [0.4, 0.5) is 4.39 Å². The van der Waals surface area contributed by atoms with E-state index in [-0.39, 0.29) is 11.8 Å². The number of hydrogen-bond acceptors (Lipinski definition) is 3. The van der Waals surface area contributed by atoms with Crippen molar-refractivity contribution in [3.8, 4) is 11.5 Å². The van der Waals surface area contributed by atoms with E-state index in [1.54, 1.807) is 30.5 Å². The fourth-order valence-corrected chi connectivity index (χ4v) is 1.84. The summed E-state index contributed by atoms with van der Waals surface area (Å²) in [6.45, 7) is 4.38. The van der Waals surface area contributed by atoms with Gasteiger partial charge in [-0.1, -0.05) is 13.0 Å². The SMILES string of the molecule is CCC(C)NC(N)=NCc1ccc(Oc2cccnc2)c(F)c1. The zero-order chi connectivity index (χ0) is 16.7. The molecule has 0 aliphatic carbocycles. The molecule has 2 aromatic rings. The van der Waals surface area contributed by atoms with E-state index in [0.29, 0.717) is 18.3 Å². The molecule has 1 atom stereocenters. The van der Waals surface area contributed by atoms with Crippen molar-refractivity contribution in [2.24, 2.45) is 10.7 Å². The quantitative estimate of drug-likeness (QED) is 0.634. The summed E-state index contributed by atoms with van der Waals surface area (Å²) in [5.74, 6) is 0.543. The number of rotatable bonds is 6. The largest absolute Gasteiger partial charge is 0.453 e. The Morgan fingerprint density at radius 3 is 2.91 bits per heavy atom. The number of nitrogens with one attached hydrogen (secondary N) is 1. The van der Waals surface area contributed by atoms with Gasteiger partial charge in [-0.2, -0.15) is 0 Å². The number of nitrogens with zero attached hydrogens (tertiary/aromatic N) is 2. The van der Waals surface area contributed by atoms with Crippen LogP contribution in [0.3, 0.4) is 0 Å². The second kappa shape index (κ2) is 8.12. The standard InChI is InChI=1S/C17H21FN4O/c1-3-12(2)22-17(19)21-10-13-6-7-16(15(18)9-13)23-14-5-4-8-20-11-14/h4-9,11-12H,3,10H2,1-2H3,(H3,19,21,22). The molecule has 122 valence electrons. The normalized spacial score (nSPS) is 12.7. The van der Waals surface area contributed by atoms with Gasteiger partial charge in [0, 0.05) is 12.2 Å². The first-order valence-electron chi connectivity index (χ1n) is 7.51. The van der Waals surface area contributed by atoms with Crippen molar-refractivity contribution in [2.75, 3.05) is 0 Å². The van der Waals surface area contributed by atoms with Gasteiger partial charge in [0.25, 0.3) is 0 Å². The summed E-state index contributed by atoms with van der Waals surface area (Å²) in [4.78, 5) is 8.12. The highest BCUT2D eigenvalue weighted by Crippen LogP contribution is 2.24. The highest BCUT2D eigenvalue weighted by molar-refractivity contribution is 5.78. The Hall–Kier alpha value is -2.63. The topological polar surface area (TPSA) is 72.5 Å². The molecule has 0 fully saturated rings. The van der Waals surface area contributed by atoms with Crippen molar-refractivity contribution in [3.05, 3.63) is 54.1 Å². The van der Waals surface area contributed by atoms with Crippen LogP contribution >= 0.6 is 0 Å². The van der Waals surface area contributed by atoms with Crippen LogP contribution in [0.1, 0.15) is 25.8 Å². The lowest BCUT2D eigenvalue weighted by Crippen LogP contribution is -2.38. The molecule has 0 saturated heterocycles. The maximum absolute atomic E-state index is 14.1. The fraction of sp³-hybridized carbons (Fsp3) is 0.294. The van der Waals surface area contributed by atoms with Gasteiger partial charge >= 0.3 is 0 Å². The van der Waals surface area contributed by atoms with Gasteiger partial charge in [-0.05, 0) is 43.2 Å². The molecule has 0 radical (unpaired) electrons. The molecule has 5 nitrogen and oxygen atoms in total. The molecule has 0 aliphatic heterocycles. The molecular weight excluding hydrogens is 295 g/mol. The first kappa shape index (κ1) is 16.7. The number of halogens is 1. The van der Waals surface area contributed by atoms with E-state index in [1.165, 1.54) is 12.3 Å². The predicted molar refractivity (Wildman–Crippen MR) is 88.9 cm³/mol. The number of hydrogen-bond donors (Lipinski definition) is 2. The number of aromatic nitrogens is 1. The Morgan fingerprint density at radius 2 is 2.26 bits per heavy atom. The summed E-state index contributed by atoms with van der Waals surface area (Å²) in [6, 6.07) is 8.42. The highest BCUT2D eigenvalue weighted by atomic mass is 19.1. The van der Waals surface area contributed by atoms with Crippen molar-refractivity contribution in [2.45, 2.75) is 32.9 Å². The van der Waals surface area contributed by atoms with Crippen LogP contribution < -0.4 is 15.8 Å². The molecule has 0 amide bonds. The molecule has 3 N–H and O–H groups in total. The molecule has 0 saturated carbocycles. The van der Waals surface area contributed by atoms with E-state index in [9.17, 15) is 4.39 Å². The summed E-state index contributed by atoms with van der Waals surface area (Å²) in [6.07, 6.45) is 4.10. The van der Waals surface area contributed by atoms with Crippen LogP contribution in [0.15, 0.2) is 47.7 Å². The van der Waals surface area contributed by atoms with E-state index < -0.39 is 5.82 Å². The molecule has 2 rings (SSSR count). The summed E-state index contributed by atoms with van der Waals surface area (Å²) < 4.78 is 19.5. The van der Waals surface area contributed by atoms with E-state index >= 15 is 0 Å². The van der Waals surface area contributed by atoms with Crippen LogP contribution in [0, 0.1) is 5.82 Å². The smallest absolute Gasteiger partial charge is 0.189 e. The van der Waals surface area contributed by atoms with Gasteiger partial charge in [0.15, 0.2) is 17.5 Å². The van der Waals surface area contributed by atoms with Crippen molar-refractivity contribution >= 4 is 5.96 Å². The maximum Gasteiger partial charge on any atom is 0.189 e. The number of aliphatic imine (C=N–C) groups is 1. The van der Waals surface area contributed by atoms with Crippen molar-refractivity contribution < 1.29 is 9.13 Å².